The van der Waals surface area contributed by atoms with Crippen molar-refractivity contribution in [3.05, 3.63) is 45.7 Å². The van der Waals surface area contributed by atoms with Crippen molar-refractivity contribution < 1.29 is 9.90 Å². The zero-order valence-corrected chi connectivity index (χ0v) is 9.67. The Kier molecular flexibility index (Phi) is 2.86. The van der Waals surface area contributed by atoms with Crippen LogP contribution in [0.15, 0.2) is 29.1 Å². The van der Waals surface area contributed by atoms with E-state index in [2.05, 4.69) is 0 Å². The van der Waals surface area contributed by atoms with Gasteiger partial charge in [0.05, 0.1) is 23.6 Å². The number of carboxylic acids is 1. The lowest BCUT2D eigenvalue weighted by molar-refractivity contribution is -0.136. The van der Waals surface area contributed by atoms with E-state index in [1.165, 1.54) is 10.6 Å². The number of carboxylic acid groups (broad SMARTS) is 1. The maximum absolute atomic E-state index is 11.7. The summed E-state index contributed by atoms with van der Waals surface area (Å²) in [7, 11) is 1.61. The molecule has 0 saturated heterocycles. The second kappa shape index (κ2) is 4.34. The van der Waals surface area contributed by atoms with Gasteiger partial charge in [-0.05, 0) is 23.8 Å². The third-order valence-corrected chi connectivity index (χ3v) is 2.80. The maximum Gasteiger partial charge on any atom is 0.307 e. The smallest absolute Gasteiger partial charge is 0.307 e. The fourth-order valence-electron chi connectivity index (χ4n) is 1.91. The van der Waals surface area contributed by atoms with Crippen molar-refractivity contribution in [2.24, 2.45) is 7.05 Å². The van der Waals surface area contributed by atoms with E-state index < -0.39 is 5.97 Å². The molecule has 2 aromatic rings. The van der Waals surface area contributed by atoms with E-state index in [1.54, 1.807) is 25.2 Å². The van der Waals surface area contributed by atoms with Gasteiger partial charge in [-0.3, -0.25) is 9.59 Å². The molecule has 0 unspecified atom stereocenters. The summed E-state index contributed by atoms with van der Waals surface area (Å²) >= 11 is 0. The predicted molar refractivity (Wildman–Crippen MR) is 65.2 cm³/mol. The molecule has 90 valence electrons. The molecule has 0 aliphatic rings. The number of aryl methyl sites for hydroxylation is 1. The largest absolute Gasteiger partial charge is 0.481 e. The van der Waals surface area contributed by atoms with E-state index in [4.69, 9.17) is 10.4 Å². The standard InChI is InChI=1S/C13H10N2O3/c1-15-11-3-2-8(7-14)4-10(11)9(5-12(15)16)6-13(17)18/h2-5H,6H2,1H3,(H,17,18). The average Bonchev–Trinajstić information content (AvgIpc) is 2.34. The Morgan fingerprint density at radius 1 is 1.44 bits per heavy atom. The van der Waals surface area contributed by atoms with Crippen molar-refractivity contribution in [1.82, 2.24) is 4.57 Å². The van der Waals surface area contributed by atoms with Crippen LogP contribution in [0.4, 0.5) is 0 Å². The first-order valence-corrected chi connectivity index (χ1v) is 5.27. The van der Waals surface area contributed by atoms with Crippen LogP contribution in [0.5, 0.6) is 0 Å². The third-order valence-electron chi connectivity index (χ3n) is 2.80. The van der Waals surface area contributed by atoms with Gasteiger partial charge >= 0.3 is 5.97 Å². The number of hydrogen-bond acceptors (Lipinski definition) is 3. The van der Waals surface area contributed by atoms with Gasteiger partial charge < -0.3 is 9.67 Å². The molecule has 0 fully saturated rings. The molecule has 0 spiro atoms. The third kappa shape index (κ3) is 1.96. The van der Waals surface area contributed by atoms with Crippen LogP contribution in [0.3, 0.4) is 0 Å². The topological polar surface area (TPSA) is 83.1 Å². The van der Waals surface area contributed by atoms with Gasteiger partial charge in [-0.15, -0.1) is 0 Å². The highest BCUT2D eigenvalue weighted by Crippen LogP contribution is 2.18. The summed E-state index contributed by atoms with van der Waals surface area (Å²) in [6.45, 7) is 0. The Morgan fingerprint density at radius 2 is 2.17 bits per heavy atom. The van der Waals surface area contributed by atoms with Crippen molar-refractivity contribution >= 4 is 16.9 Å². The van der Waals surface area contributed by atoms with Crippen LogP contribution in [0.2, 0.25) is 0 Å². The van der Waals surface area contributed by atoms with E-state index in [0.29, 0.717) is 22.0 Å². The lowest BCUT2D eigenvalue weighted by Gasteiger charge is -2.08. The fraction of sp³-hybridized carbons (Fsp3) is 0.154. The zero-order chi connectivity index (χ0) is 13.3. The molecule has 1 heterocycles. The van der Waals surface area contributed by atoms with Gasteiger partial charge in [0.15, 0.2) is 0 Å². The Labute approximate surface area is 103 Å². The highest BCUT2D eigenvalue weighted by atomic mass is 16.4. The van der Waals surface area contributed by atoms with Crippen LogP contribution in [0, 0.1) is 11.3 Å². The minimum absolute atomic E-state index is 0.235. The molecule has 0 aliphatic carbocycles. The van der Waals surface area contributed by atoms with E-state index in [9.17, 15) is 9.59 Å². The summed E-state index contributed by atoms with van der Waals surface area (Å²) in [6.07, 6.45) is -0.235. The Balaban J connectivity index is 2.84. The summed E-state index contributed by atoms with van der Waals surface area (Å²) in [5, 5.41) is 18.3. The molecule has 5 heteroatoms. The molecule has 0 bridgehead atoms. The molecule has 1 aromatic carbocycles. The lowest BCUT2D eigenvalue weighted by Crippen LogP contribution is -2.18. The van der Waals surface area contributed by atoms with Crippen LogP contribution >= 0.6 is 0 Å². The van der Waals surface area contributed by atoms with E-state index >= 15 is 0 Å². The number of aromatic nitrogens is 1. The highest BCUT2D eigenvalue weighted by Gasteiger charge is 2.10. The number of rotatable bonds is 2. The maximum atomic E-state index is 11.7. The summed E-state index contributed by atoms with van der Waals surface area (Å²) in [6, 6.07) is 8.16. The van der Waals surface area contributed by atoms with Gasteiger partial charge in [0.1, 0.15) is 0 Å². The summed E-state index contributed by atoms with van der Waals surface area (Å²) < 4.78 is 1.43. The molecular formula is C13H10N2O3. The Morgan fingerprint density at radius 3 is 2.78 bits per heavy atom. The second-order valence-electron chi connectivity index (χ2n) is 3.98. The van der Waals surface area contributed by atoms with Crippen molar-refractivity contribution in [2.75, 3.05) is 0 Å². The van der Waals surface area contributed by atoms with Gasteiger partial charge in [-0.2, -0.15) is 5.26 Å². The van der Waals surface area contributed by atoms with Crippen LogP contribution in [0.1, 0.15) is 11.1 Å². The normalized spacial score (nSPS) is 10.2. The number of aliphatic carboxylic acids is 1. The minimum Gasteiger partial charge on any atom is -0.481 e. The Hall–Kier alpha value is -2.61. The number of hydrogen-bond donors (Lipinski definition) is 1. The van der Waals surface area contributed by atoms with Gasteiger partial charge in [0.2, 0.25) is 0 Å². The van der Waals surface area contributed by atoms with E-state index in [0.717, 1.165) is 0 Å². The molecule has 18 heavy (non-hydrogen) atoms. The van der Waals surface area contributed by atoms with Crippen molar-refractivity contribution in [2.45, 2.75) is 6.42 Å². The number of pyridine rings is 1. The highest BCUT2D eigenvalue weighted by molar-refractivity contribution is 5.87. The van der Waals surface area contributed by atoms with Crippen LogP contribution in [0.25, 0.3) is 10.9 Å². The first-order chi connectivity index (χ1) is 8.52. The molecular weight excluding hydrogens is 232 g/mol. The predicted octanol–water partition coefficient (Wildman–Crippen LogP) is 1.04. The summed E-state index contributed by atoms with van der Waals surface area (Å²) in [4.78, 5) is 22.5. The first-order valence-electron chi connectivity index (χ1n) is 5.27. The average molecular weight is 242 g/mol. The molecule has 5 nitrogen and oxygen atoms in total. The molecule has 2 rings (SSSR count). The van der Waals surface area contributed by atoms with Crippen LogP contribution < -0.4 is 5.56 Å². The van der Waals surface area contributed by atoms with Crippen molar-refractivity contribution in [3.8, 4) is 6.07 Å². The molecule has 0 aliphatic heterocycles. The van der Waals surface area contributed by atoms with E-state index in [-0.39, 0.29) is 12.0 Å². The summed E-state index contributed by atoms with van der Waals surface area (Å²) in [5.74, 6) is -1.01. The quantitative estimate of drug-likeness (QED) is 0.852. The number of nitriles is 1. The zero-order valence-electron chi connectivity index (χ0n) is 9.67. The molecule has 1 aromatic heterocycles. The van der Waals surface area contributed by atoms with Gasteiger partial charge in [-0.25, -0.2) is 0 Å². The SMILES string of the molecule is Cn1c(=O)cc(CC(=O)O)c2cc(C#N)ccc21. The fourth-order valence-corrected chi connectivity index (χ4v) is 1.91. The number of benzene rings is 1. The molecule has 0 saturated carbocycles. The Bertz CT molecular complexity index is 738. The number of fused-ring (bicyclic) bond motifs is 1. The molecule has 0 radical (unpaired) electrons. The monoisotopic (exact) mass is 242 g/mol. The lowest BCUT2D eigenvalue weighted by atomic mass is 10.0. The number of nitrogens with zero attached hydrogens (tertiary/aromatic N) is 2. The van der Waals surface area contributed by atoms with Gasteiger partial charge in [-0.1, -0.05) is 0 Å². The van der Waals surface area contributed by atoms with E-state index in [1.807, 2.05) is 6.07 Å². The molecule has 0 amide bonds. The first kappa shape index (κ1) is 11.9. The van der Waals surface area contributed by atoms with Crippen LogP contribution in [-0.2, 0) is 18.3 Å². The van der Waals surface area contributed by atoms with Crippen LogP contribution in [-0.4, -0.2) is 15.6 Å². The van der Waals surface area contributed by atoms with Crippen molar-refractivity contribution in [1.29, 1.82) is 5.26 Å². The number of carbonyl (C=O) groups is 1. The van der Waals surface area contributed by atoms with Gasteiger partial charge in [0, 0.05) is 18.5 Å². The second-order valence-corrected chi connectivity index (χ2v) is 3.98. The molecule has 1 N–H and O–H groups in total. The van der Waals surface area contributed by atoms with Gasteiger partial charge in [0.25, 0.3) is 5.56 Å². The molecule has 0 atom stereocenters. The minimum atomic E-state index is -1.01. The summed E-state index contributed by atoms with van der Waals surface area (Å²) in [5.41, 5.74) is 1.23. The van der Waals surface area contributed by atoms with Crippen molar-refractivity contribution in [3.63, 3.8) is 0 Å².